The number of halogens is 2. The van der Waals surface area contributed by atoms with Gasteiger partial charge in [-0.1, -0.05) is 6.08 Å². The van der Waals surface area contributed by atoms with Crippen molar-refractivity contribution in [3.05, 3.63) is 23.8 Å². The van der Waals surface area contributed by atoms with Crippen LogP contribution in [0.25, 0.3) is 0 Å². The zero-order valence-corrected chi connectivity index (χ0v) is 5.20. The molecule has 0 amide bonds. The Morgan fingerprint density at radius 2 is 2.00 bits per heavy atom. The summed E-state index contributed by atoms with van der Waals surface area (Å²) in [6.45, 7) is 0. The van der Waals surface area contributed by atoms with Crippen LogP contribution in [-0.2, 0) is 11.0 Å². The minimum absolute atomic E-state index is 0.958. The molecule has 0 fully saturated rings. The molecule has 0 saturated heterocycles. The third-order valence-electron chi connectivity index (χ3n) is 0.594. The van der Waals surface area contributed by atoms with E-state index in [2.05, 4.69) is 4.72 Å². The molecule has 0 bridgehead atoms. The zero-order chi connectivity index (χ0) is 7.11. The van der Waals surface area contributed by atoms with E-state index in [1.165, 1.54) is 0 Å². The SMILES string of the molecule is FF.O=S1C=CC=CN1. The lowest BCUT2D eigenvalue weighted by Gasteiger charge is -1.94. The van der Waals surface area contributed by atoms with Gasteiger partial charge in [-0.2, -0.15) is 0 Å². The number of rotatable bonds is 0. The maximum Gasteiger partial charge on any atom is 0.142 e. The van der Waals surface area contributed by atoms with E-state index >= 15 is 0 Å². The summed E-state index contributed by atoms with van der Waals surface area (Å²) >= 11 is 0. The normalized spacial score (nSPS) is 21.8. The lowest BCUT2D eigenvalue weighted by Crippen LogP contribution is -2.07. The van der Waals surface area contributed by atoms with Gasteiger partial charge in [-0.05, 0) is 6.08 Å². The molecule has 1 unspecified atom stereocenters. The molecule has 0 aromatic heterocycles. The highest BCUT2D eigenvalue weighted by molar-refractivity contribution is 7.86. The van der Waals surface area contributed by atoms with E-state index in [0.717, 1.165) is 0 Å². The van der Waals surface area contributed by atoms with Crippen LogP contribution in [0, 0.1) is 0 Å². The van der Waals surface area contributed by atoms with Crippen molar-refractivity contribution in [2.24, 2.45) is 0 Å². The van der Waals surface area contributed by atoms with Gasteiger partial charge < -0.3 is 4.72 Å². The Balaban J connectivity index is 0.000000291. The number of hydrogen-bond donors (Lipinski definition) is 1. The summed E-state index contributed by atoms with van der Waals surface area (Å²) in [5.74, 6) is 0. The van der Waals surface area contributed by atoms with Gasteiger partial charge in [-0.3, -0.25) is 0 Å². The van der Waals surface area contributed by atoms with Crippen LogP contribution >= 0.6 is 0 Å². The van der Waals surface area contributed by atoms with Gasteiger partial charge in [0.2, 0.25) is 0 Å². The van der Waals surface area contributed by atoms with Crippen molar-refractivity contribution in [3.8, 4) is 0 Å². The Bertz CT molecular complexity index is 146. The molecule has 1 rings (SSSR count). The van der Waals surface area contributed by atoms with Gasteiger partial charge >= 0.3 is 0 Å². The topological polar surface area (TPSA) is 29.1 Å². The largest absolute Gasteiger partial charge is 0.308 e. The monoisotopic (exact) mass is 153 g/mol. The van der Waals surface area contributed by atoms with E-state index in [-0.39, 0.29) is 0 Å². The average molecular weight is 153 g/mol. The van der Waals surface area contributed by atoms with Crippen LogP contribution in [0.4, 0.5) is 9.15 Å². The first-order chi connectivity index (χ1) is 4.39. The molecule has 0 spiro atoms. The number of allylic oxidation sites excluding steroid dienone is 2. The molecule has 0 radical (unpaired) electrons. The molecular weight excluding hydrogens is 148 g/mol. The van der Waals surface area contributed by atoms with E-state index in [1.54, 1.807) is 23.8 Å². The Labute approximate surface area is 53.7 Å². The lowest BCUT2D eigenvalue weighted by atomic mass is 10.6. The molecule has 1 aliphatic rings. The fourth-order valence-electron chi connectivity index (χ4n) is 0.318. The molecule has 5 heteroatoms. The Morgan fingerprint density at radius 3 is 2.22 bits per heavy atom. The number of nitrogens with one attached hydrogen (secondary N) is 1. The van der Waals surface area contributed by atoms with Crippen molar-refractivity contribution in [1.82, 2.24) is 4.72 Å². The average Bonchev–Trinajstić information content (AvgIpc) is 1.94. The van der Waals surface area contributed by atoms with Gasteiger partial charge in [0, 0.05) is 20.8 Å². The fourth-order valence-corrected chi connectivity index (χ4v) is 0.843. The predicted molar refractivity (Wildman–Crippen MR) is 31.8 cm³/mol. The minimum atomic E-state index is -0.958. The third-order valence-corrected chi connectivity index (χ3v) is 1.37. The van der Waals surface area contributed by atoms with Gasteiger partial charge in [-0.15, -0.1) is 0 Å². The molecular formula is C4H5F2NOS. The molecule has 1 atom stereocenters. The summed E-state index contributed by atoms with van der Waals surface area (Å²) in [4.78, 5) is 0. The first kappa shape index (κ1) is 8.29. The summed E-state index contributed by atoms with van der Waals surface area (Å²) in [5, 5.41) is 1.58. The summed E-state index contributed by atoms with van der Waals surface area (Å²) in [6.07, 6.45) is 5.18. The van der Waals surface area contributed by atoms with Gasteiger partial charge in [0.15, 0.2) is 0 Å². The highest BCUT2D eigenvalue weighted by Gasteiger charge is 1.87. The van der Waals surface area contributed by atoms with Crippen LogP contribution in [0.3, 0.4) is 0 Å². The Hall–Kier alpha value is -0.710. The molecule has 0 aliphatic carbocycles. The first-order valence-corrected chi connectivity index (χ1v) is 3.25. The van der Waals surface area contributed by atoms with E-state index in [1.807, 2.05) is 0 Å². The summed E-state index contributed by atoms with van der Waals surface area (Å²) in [7, 11) is -0.958. The Kier molecular flexibility index (Phi) is 5.00. The van der Waals surface area contributed by atoms with Crippen molar-refractivity contribution < 1.29 is 13.4 Å². The summed E-state index contributed by atoms with van der Waals surface area (Å²) in [6, 6.07) is 0. The van der Waals surface area contributed by atoms with Gasteiger partial charge in [0.25, 0.3) is 0 Å². The predicted octanol–water partition coefficient (Wildman–Crippen LogP) is 1.12. The zero-order valence-electron chi connectivity index (χ0n) is 4.38. The van der Waals surface area contributed by atoms with E-state index < -0.39 is 11.0 Å². The van der Waals surface area contributed by atoms with E-state index in [4.69, 9.17) is 9.15 Å². The molecule has 0 aromatic carbocycles. The highest BCUT2D eigenvalue weighted by Crippen LogP contribution is 1.86. The third kappa shape index (κ3) is 3.84. The molecule has 1 N–H and O–H groups in total. The van der Waals surface area contributed by atoms with Gasteiger partial charge in [0.1, 0.15) is 11.0 Å². The standard InChI is InChI=1S/C4H5NOS.F2/c6-7-4-2-1-3-5-7;1-2/h1-5H;. The fraction of sp³-hybridized carbons (Fsp3) is 0. The molecule has 1 aliphatic heterocycles. The van der Waals surface area contributed by atoms with E-state index in [0.29, 0.717) is 0 Å². The van der Waals surface area contributed by atoms with Gasteiger partial charge in [-0.25, -0.2) is 4.21 Å². The maximum absolute atomic E-state index is 10.3. The number of hydrogen-bond acceptors (Lipinski definition) is 1. The van der Waals surface area contributed by atoms with Crippen LogP contribution in [-0.4, -0.2) is 4.21 Å². The van der Waals surface area contributed by atoms with Crippen molar-refractivity contribution in [3.63, 3.8) is 0 Å². The second-order valence-electron chi connectivity index (χ2n) is 1.10. The highest BCUT2D eigenvalue weighted by atomic mass is 32.2. The van der Waals surface area contributed by atoms with Crippen molar-refractivity contribution >= 4 is 11.0 Å². The Morgan fingerprint density at radius 1 is 1.33 bits per heavy atom. The van der Waals surface area contributed by atoms with Crippen molar-refractivity contribution in [1.29, 1.82) is 0 Å². The molecule has 0 aromatic rings. The summed E-state index contributed by atoms with van der Waals surface area (Å²) in [5.41, 5.74) is 0. The second kappa shape index (κ2) is 5.43. The molecule has 2 nitrogen and oxygen atoms in total. The van der Waals surface area contributed by atoms with Crippen molar-refractivity contribution in [2.45, 2.75) is 0 Å². The minimum Gasteiger partial charge on any atom is -0.308 e. The molecule has 1 heterocycles. The van der Waals surface area contributed by atoms with Crippen LogP contribution in [0.2, 0.25) is 0 Å². The van der Waals surface area contributed by atoms with Crippen LogP contribution in [0.15, 0.2) is 23.8 Å². The summed E-state index contributed by atoms with van der Waals surface area (Å²) < 4.78 is 28.9. The lowest BCUT2D eigenvalue weighted by molar-refractivity contribution is 0.108. The van der Waals surface area contributed by atoms with Gasteiger partial charge in [0.05, 0.1) is 0 Å². The molecule has 0 saturated carbocycles. The van der Waals surface area contributed by atoms with Crippen LogP contribution in [0.1, 0.15) is 0 Å². The second-order valence-corrected chi connectivity index (χ2v) is 2.21. The molecule has 52 valence electrons. The van der Waals surface area contributed by atoms with Crippen LogP contribution < -0.4 is 4.72 Å². The quantitative estimate of drug-likeness (QED) is 0.555. The maximum atomic E-state index is 10.3. The van der Waals surface area contributed by atoms with E-state index in [9.17, 15) is 4.21 Å². The smallest absolute Gasteiger partial charge is 0.142 e. The first-order valence-electron chi connectivity index (χ1n) is 2.04. The van der Waals surface area contributed by atoms with Crippen molar-refractivity contribution in [2.75, 3.05) is 0 Å². The molecule has 9 heavy (non-hydrogen) atoms. The van der Waals surface area contributed by atoms with Crippen LogP contribution in [0.5, 0.6) is 0 Å².